The van der Waals surface area contributed by atoms with Gasteiger partial charge in [-0.15, -0.1) is 11.8 Å². The fourth-order valence-corrected chi connectivity index (χ4v) is 10.6. The van der Waals surface area contributed by atoms with Crippen LogP contribution in [0.3, 0.4) is 0 Å². The van der Waals surface area contributed by atoms with Gasteiger partial charge in [0.2, 0.25) is 5.91 Å². The summed E-state index contributed by atoms with van der Waals surface area (Å²) in [6, 6.07) is 13.5. The highest BCUT2D eigenvalue weighted by Crippen LogP contribution is 2.42. The molecule has 20 heteroatoms. The summed E-state index contributed by atoms with van der Waals surface area (Å²) in [5, 5.41) is 14.9. The monoisotopic (exact) mass is 1170 g/mol. The molecule has 452 valence electrons. The number of nitrogens with one attached hydrogen (secondary N) is 2. The third kappa shape index (κ3) is 19.0. The maximum atomic E-state index is 13.8. The van der Waals surface area contributed by atoms with Crippen molar-refractivity contribution in [3.63, 3.8) is 0 Å². The summed E-state index contributed by atoms with van der Waals surface area (Å²) in [6.45, 7) is 21.9. The van der Waals surface area contributed by atoms with Crippen molar-refractivity contribution in [2.75, 3.05) is 99.0 Å². The molecular weight excluding hydrogens is 1080 g/mol. The molecular formula is C63H86N6O13S. The number of carbonyl (C=O) groups is 4. The molecule has 19 nitrogen and oxygen atoms in total. The van der Waals surface area contributed by atoms with Gasteiger partial charge in [-0.1, -0.05) is 60.9 Å². The Labute approximate surface area is 494 Å². The molecule has 0 saturated carbocycles. The Hall–Kier alpha value is -6.55. The van der Waals surface area contributed by atoms with Gasteiger partial charge in [0.1, 0.15) is 13.2 Å². The summed E-state index contributed by atoms with van der Waals surface area (Å²) in [5.74, 6) is 0.607. The average molecular weight is 1170 g/mol. The zero-order valence-electron chi connectivity index (χ0n) is 50.1. The smallest absolute Gasteiger partial charge is 0.305 e. The molecule has 5 aliphatic heterocycles. The van der Waals surface area contributed by atoms with Crippen LogP contribution in [0.5, 0.6) is 23.0 Å². The minimum atomic E-state index is -0.901. The third-order valence-corrected chi connectivity index (χ3v) is 15.9. The van der Waals surface area contributed by atoms with E-state index in [4.69, 9.17) is 53.0 Å². The maximum absolute atomic E-state index is 13.8. The molecule has 3 saturated heterocycles. The standard InChI is InChI=1S/C54H67N5O13S.C7H13N.C2H6/c1-7-35-22-40-28-56-44-26-48(46(65-5)24-42(44)52(63)58(40)30-35)71-32-37-19-38(33-72-49-27-45-43(25-47(49)66-6)53(64)59-31-36(8-2)23-41(59)29-57-45)21-39(20-37)54(3,4)73-34-50(60)55-10-12-68-14-16-70-18-17-69-15-13-67-11-9-51(61)62;1-3-7-4-6(2)8-5-7;1-2/h7-8,19-21,24-29,40-41H,9-18,22-23,30-34H2,1-6H3,(H,55,60)(H,61,62);3,6,8H,4-5H2,1-2H3;1-2H3/b35-7+,36-8+;7-3+;. The van der Waals surface area contributed by atoms with E-state index in [2.05, 4.69) is 68.7 Å². The molecule has 0 bridgehead atoms. The van der Waals surface area contributed by atoms with Crippen molar-refractivity contribution in [2.24, 2.45) is 9.98 Å². The van der Waals surface area contributed by atoms with E-state index in [1.54, 1.807) is 44.1 Å². The minimum Gasteiger partial charge on any atom is -0.493 e. The van der Waals surface area contributed by atoms with Gasteiger partial charge in [0.25, 0.3) is 11.8 Å². The van der Waals surface area contributed by atoms with Gasteiger partial charge in [0, 0.05) is 61.5 Å². The van der Waals surface area contributed by atoms with Crippen LogP contribution in [0.25, 0.3) is 0 Å². The van der Waals surface area contributed by atoms with Crippen LogP contribution in [0.2, 0.25) is 0 Å². The van der Waals surface area contributed by atoms with E-state index in [0.717, 1.165) is 36.1 Å². The predicted octanol–water partition coefficient (Wildman–Crippen LogP) is 9.58. The molecule has 0 spiro atoms. The number of aliphatic imine (C=N–C) groups is 2. The van der Waals surface area contributed by atoms with Crippen molar-refractivity contribution in [3.05, 3.63) is 105 Å². The number of allylic oxidation sites excluding steroid dienone is 3. The maximum Gasteiger partial charge on any atom is 0.305 e. The fraction of sp³-hybridized carbons (Fsp3) is 0.524. The van der Waals surface area contributed by atoms with Crippen LogP contribution < -0.4 is 29.6 Å². The summed E-state index contributed by atoms with van der Waals surface area (Å²) in [5.41, 5.74) is 8.43. The lowest BCUT2D eigenvalue weighted by Crippen LogP contribution is -2.35. The van der Waals surface area contributed by atoms with E-state index in [0.29, 0.717) is 117 Å². The van der Waals surface area contributed by atoms with Crippen molar-refractivity contribution in [2.45, 2.75) is 117 Å². The fourth-order valence-electron chi connectivity index (χ4n) is 9.76. The number of ether oxygens (including phenoxy) is 8. The average Bonchev–Trinajstić information content (AvgIpc) is 3.73. The van der Waals surface area contributed by atoms with Gasteiger partial charge in [0.15, 0.2) is 23.0 Å². The van der Waals surface area contributed by atoms with Gasteiger partial charge in [-0.3, -0.25) is 29.2 Å². The second-order valence-corrected chi connectivity index (χ2v) is 22.3. The Morgan fingerprint density at radius 3 is 1.57 bits per heavy atom. The number of carboxylic acids is 1. The highest BCUT2D eigenvalue weighted by molar-refractivity contribution is 8.00. The number of benzene rings is 3. The SMILES string of the molecule is C/C=C1/CNC(C)C1.C/C=C1\CC2C=Nc3cc(OCc4cc(COc5cc6c(cc5OC)C(=O)N5C/C(=C/C)CC5C=N6)cc(C(C)(C)SCC(=O)NCCOCCOCCOCCOCCC(=O)O)c4)c(OC)cc3C(=O)N2C1.CC. The number of thioether (sulfide) groups is 1. The van der Waals surface area contributed by atoms with Crippen LogP contribution in [0.4, 0.5) is 11.4 Å². The van der Waals surface area contributed by atoms with Gasteiger partial charge >= 0.3 is 5.97 Å². The molecule has 83 heavy (non-hydrogen) atoms. The van der Waals surface area contributed by atoms with Crippen molar-refractivity contribution in [1.29, 1.82) is 0 Å². The molecule has 0 radical (unpaired) electrons. The lowest BCUT2D eigenvalue weighted by atomic mass is 9.97. The first kappa shape index (κ1) is 65.6. The topological polar surface area (TPSA) is 218 Å². The number of methoxy groups -OCH3 is 2. The Morgan fingerprint density at radius 2 is 1.14 bits per heavy atom. The largest absolute Gasteiger partial charge is 0.493 e. The molecule has 3 fully saturated rings. The summed E-state index contributed by atoms with van der Waals surface area (Å²) >= 11 is 1.49. The second kappa shape index (κ2) is 33.1. The van der Waals surface area contributed by atoms with E-state index >= 15 is 0 Å². The van der Waals surface area contributed by atoms with Crippen LogP contribution in [-0.2, 0) is 46.5 Å². The van der Waals surface area contributed by atoms with Gasteiger partial charge in [-0.25, -0.2) is 0 Å². The molecule has 3 unspecified atom stereocenters. The third-order valence-electron chi connectivity index (χ3n) is 14.5. The second-order valence-electron chi connectivity index (χ2n) is 20.7. The molecule has 5 heterocycles. The Bertz CT molecular complexity index is 2710. The van der Waals surface area contributed by atoms with Crippen LogP contribution in [-0.4, -0.2) is 168 Å². The quantitative estimate of drug-likeness (QED) is 0.0478. The van der Waals surface area contributed by atoms with Crippen LogP contribution in [0.15, 0.2) is 87.4 Å². The normalized spacial score (nSPS) is 19.3. The molecule has 8 rings (SSSR count). The summed E-state index contributed by atoms with van der Waals surface area (Å²) < 4.78 is 45.7. The van der Waals surface area contributed by atoms with Gasteiger partial charge in [-0.05, 0) is 95.7 Å². The number of hydrogen-bond acceptors (Lipinski definition) is 16. The number of fused-ring (bicyclic) bond motifs is 4. The lowest BCUT2D eigenvalue weighted by Gasteiger charge is -2.26. The molecule has 3 N–H and O–H groups in total. The van der Waals surface area contributed by atoms with Gasteiger partial charge in [0.05, 0.1) is 114 Å². The number of amides is 3. The molecule has 3 amide bonds. The Balaban J connectivity index is 0.00000101. The van der Waals surface area contributed by atoms with Crippen molar-refractivity contribution < 1.29 is 62.2 Å². The first-order valence-electron chi connectivity index (χ1n) is 28.8. The highest BCUT2D eigenvalue weighted by atomic mass is 32.2. The Morgan fingerprint density at radius 1 is 0.675 bits per heavy atom. The summed E-state index contributed by atoms with van der Waals surface area (Å²) in [7, 11) is 3.09. The molecule has 0 aromatic heterocycles. The van der Waals surface area contributed by atoms with Crippen molar-refractivity contribution in [3.8, 4) is 23.0 Å². The Kier molecular flexibility index (Phi) is 26.1. The first-order valence-corrected chi connectivity index (χ1v) is 29.7. The molecule has 0 aliphatic carbocycles. The molecule has 3 atom stereocenters. The van der Waals surface area contributed by atoms with E-state index in [1.165, 1.54) is 29.3 Å². The number of aliphatic carboxylic acids is 1. The number of rotatable bonds is 27. The van der Waals surface area contributed by atoms with E-state index in [-0.39, 0.29) is 61.8 Å². The van der Waals surface area contributed by atoms with Crippen LogP contribution >= 0.6 is 11.8 Å². The summed E-state index contributed by atoms with van der Waals surface area (Å²) in [6.07, 6.45) is 12.7. The van der Waals surface area contributed by atoms with Gasteiger partial charge < -0.3 is 63.4 Å². The zero-order chi connectivity index (χ0) is 59.9. The van der Waals surface area contributed by atoms with Gasteiger partial charge in [-0.2, -0.15) is 0 Å². The minimum absolute atomic E-state index is 0.0394. The number of carboxylic acid groups (broad SMARTS) is 1. The first-order chi connectivity index (χ1) is 40.1. The van der Waals surface area contributed by atoms with E-state index < -0.39 is 10.7 Å². The number of carbonyl (C=O) groups excluding carboxylic acids is 3. The van der Waals surface area contributed by atoms with E-state index in [1.807, 2.05) is 56.0 Å². The predicted molar refractivity (Wildman–Crippen MR) is 325 cm³/mol. The van der Waals surface area contributed by atoms with Crippen LogP contribution in [0.1, 0.15) is 118 Å². The molecule has 3 aromatic carbocycles. The van der Waals surface area contributed by atoms with E-state index in [9.17, 15) is 19.2 Å². The molecule has 5 aliphatic rings. The van der Waals surface area contributed by atoms with Crippen LogP contribution in [0, 0.1) is 0 Å². The zero-order valence-corrected chi connectivity index (χ0v) is 51.0. The molecule has 3 aromatic rings. The highest BCUT2D eigenvalue weighted by Gasteiger charge is 2.36. The number of nitrogens with zero attached hydrogens (tertiary/aromatic N) is 4. The van der Waals surface area contributed by atoms with Crippen molar-refractivity contribution >= 4 is 59.3 Å². The lowest BCUT2D eigenvalue weighted by molar-refractivity contribution is -0.138. The summed E-state index contributed by atoms with van der Waals surface area (Å²) in [4.78, 5) is 64.3. The number of hydrogen-bond donors (Lipinski definition) is 3. The van der Waals surface area contributed by atoms with Crippen molar-refractivity contribution in [1.82, 2.24) is 20.4 Å².